The first-order valence-corrected chi connectivity index (χ1v) is 7.09. The summed E-state index contributed by atoms with van der Waals surface area (Å²) in [5.74, 6) is 0.0218. The van der Waals surface area contributed by atoms with Crippen molar-refractivity contribution in [2.45, 2.75) is 26.3 Å². The van der Waals surface area contributed by atoms with Gasteiger partial charge in [0.1, 0.15) is 0 Å². The van der Waals surface area contributed by atoms with Crippen LogP contribution in [-0.2, 0) is 11.2 Å². The zero-order chi connectivity index (χ0) is 15.0. The molecule has 0 spiro atoms. The number of nitrogen functional groups attached to an aromatic ring is 1. The third kappa shape index (κ3) is 2.57. The van der Waals surface area contributed by atoms with Gasteiger partial charge >= 0.3 is 0 Å². The van der Waals surface area contributed by atoms with Crippen LogP contribution in [0.1, 0.15) is 29.7 Å². The molecule has 3 rings (SSSR count). The number of hydrogen-bond acceptors (Lipinski definition) is 3. The van der Waals surface area contributed by atoms with Gasteiger partial charge < -0.3 is 16.4 Å². The third-order valence-electron chi connectivity index (χ3n) is 3.93. The number of hydrogen-bond donors (Lipinski definition) is 3. The third-order valence-corrected chi connectivity index (χ3v) is 3.93. The smallest absolute Gasteiger partial charge is 0.228 e. The highest BCUT2D eigenvalue weighted by Crippen LogP contribution is 2.33. The van der Waals surface area contributed by atoms with Gasteiger partial charge in [-0.05, 0) is 42.7 Å². The number of carbonyl (C=O) groups excluding carboxylic acids is 1. The van der Waals surface area contributed by atoms with Crippen molar-refractivity contribution in [3.63, 3.8) is 0 Å². The molecule has 4 N–H and O–H groups in total. The molecule has 4 nitrogen and oxygen atoms in total. The van der Waals surface area contributed by atoms with E-state index in [0.717, 1.165) is 16.9 Å². The lowest BCUT2D eigenvalue weighted by Crippen LogP contribution is -2.10. The Morgan fingerprint density at radius 1 is 1.29 bits per heavy atom. The van der Waals surface area contributed by atoms with Gasteiger partial charge in [-0.3, -0.25) is 4.79 Å². The van der Waals surface area contributed by atoms with E-state index in [0.29, 0.717) is 12.1 Å². The van der Waals surface area contributed by atoms with Gasteiger partial charge in [-0.2, -0.15) is 0 Å². The Bertz CT molecular complexity index is 709. The Balaban J connectivity index is 1.87. The molecule has 1 aliphatic rings. The highest BCUT2D eigenvalue weighted by molar-refractivity contribution is 6.00. The molecule has 1 amide bonds. The molecule has 1 atom stereocenters. The van der Waals surface area contributed by atoms with Gasteiger partial charge in [0.2, 0.25) is 5.91 Å². The van der Waals surface area contributed by atoms with Crippen molar-refractivity contribution in [2.75, 3.05) is 16.4 Å². The van der Waals surface area contributed by atoms with E-state index < -0.39 is 0 Å². The number of rotatable bonds is 3. The predicted octanol–water partition coefficient (Wildman–Crippen LogP) is 3.24. The Hall–Kier alpha value is -2.49. The fourth-order valence-electron chi connectivity index (χ4n) is 2.80. The number of carbonyl (C=O) groups is 1. The van der Waals surface area contributed by atoms with Gasteiger partial charge in [0.05, 0.1) is 17.8 Å². The van der Waals surface area contributed by atoms with Crippen molar-refractivity contribution in [1.82, 2.24) is 0 Å². The first-order valence-electron chi connectivity index (χ1n) is 7.09. The SMILES string of the molecule is Cc1ccccc1C(C)Nc1cc2c(cc1N)CC(=O)N2. The minimum absolute atomic E-state index is 0.0218. The summed E-state index contributed by atoms with van der Waals surface area (Å²) in [4.78, 5) is 11.4. The van der Waals surface area contributed by atoms with Gasteiger partial charge in [0.25, 0.3) is 0 Å². The number of nitrogens with one attached hydrogen (secondary N) is 2. The Labute approximate surface area is 124 Å². The molecule has 1 unspecified atom stereocenters. The predicted molar refractivity (Wildman–Crippen MR) is 86.4 cm³/mol. The molecule has 21 heavy (non-hydrogen) atoms. The molecule has 4 heteroatoms. The van der Waals surface area contributed by atoms with E-state index in [1.807, 2.05) is 24.3 Å². The van der Waals surface area contributed by atoms with Crippen LogP contribution in [0, 0.1) is 6.92 Å². The molecular weight excluding hydrogens is 262 g/mol. The molecule has 0 saturated carbocycles. The van der Waals surface area contributed by atoms with E-state index in [4.69, 9.17) is 5.73 Å². The van der Waals surface area contributed by atoms with Crippen molar-refractivity contribution in [1.29, 1.82) is 0 Å². The average molecular weight is 281 g/mol. The molecule has 0 saturated heterocycles. The molecule has 0 radical (unpaired) electrons. The van der Waals surface area contributed by atoms with Gasteiger partial charge in [-0.15, -0.1) is 0 Å². The van der Waals surface area contributed by atoms with Gasteiger partial charge in [-0.1, -0.05) is 24.3 Å². The fraction of sp³-hybridized carbons (Fsp3) is 0.235. The second-order valence-corrected chi connectivity index (χ2v) is 5.54. The lowest BCUT2D eigenvalue weighted by atomic mass is 10.0. The maximum absolute atomic E-state index is 11.4. The zero-order valence-corrected chi connectivity index (χ0v) is 12.2. The van der Waals surface area contributed by atoms with Crippen LogP contribution in [0.3, 0.4) is 0 Å². The molecule has 1 heterocycles. The van der Waals surface area contributed by atoms with Crippen molar-refractivity contribution in [3.8, 4) is 0 Å². The maximum Gasteiger partial charge on any atom is 0.228 e. The first-order chi connectivity index (χ1) is 10.0. The zero-order valence-electron chi connectivity index (χ0n) is 12.2. The number of amides is 1. The lowest BCUT2D eigenvalue weighted by Gasteiger charge is -2.19. The summed E-state index contributed by atoms with van der Waals surface area (Å²) < 4.78 is 0. The molecule has 1 aliphatic heterocycles. The van der Waals surface area contributed by atoms with Crippen LogP contribution in [0.5, 0.6) is 0 Å². The van der Waals surface area contributed by atoms with Gasteiger partial charge in [0, 0.05) is 11.7 Å². The molecule has 0 fully saturated rings. The number of aryl methyl sites for hydroxylation is 1. The highest BCUT2D eigenvalue weighted by atomic mass is 16.1. The van der Waals surface area contributed by atoms with Crippen molar-refractivity contribution in [3.05, 3.63) is 53.1 Å². The van der Waals surface area contributed by atoms with E-state index in [2.05, 4.69) is 36.6 Å². The van der Waals surface area contributed by atoms with E-state index in [1.54, 1.807) is 0 Å². The van der Waals surface area contributed by atoms with Crippen LogP contribution in [0.4, 0.5) is 17.1 Å². The monoisotopic (exact) mass is 281 g/mol. The van der Waals surface area contributed by atoms with Crippen molar-refractivity contribution < 1.29 is 4.79 Å². The van der Waals surface area contributed by atoms with Gasteiger partial charge in [-0.25, -0.2) is 0 Å². The van der Waals surface area contributed by atoms with Crippen molar-refractivity contribution in [2.24, 2.45) is 0 Å². The van der Waals surface area contributed by atoms with E-state index in [-0.39, 0.29) is 11.9 Å². The van der Waals surface area contributed by atoms with E-state index >= 15 is 0 Å². The number of anilines is 3. The maximum atomic E-state index is 11.4. The number of benzene rings is 2. The van der Waals surface area contributed by atoms with E-state index in [9.17, 15) is 4.79 Å². The summed E-state index contributed by atoms with van der Waals surface area (Å²) in [5.41, 5.74) is 11.9. The molecule has 2 aromatic carbocycles. The summed E-state index contributed by atoms with van der Waals surface area (Å²) in [6, 6.07) is 12.2. The first kappa shape index (κ1) is 13.5. The van der Waals surface area contributed by atoms with Crippen LogP contribution < -0.4 is 16.4 Å². The minimum Gasteiger partial charge on any atom is -0.397 e. The number of nitrogens with two attached hydrogens (primary N) is 1. The van der Waals surface area contributed by atoms with E-state index in [1.165, 1.54) is 11.1 Å². The molecule has 108 valence electrons. The molecule has 2 aromatic rings. The van der Waals surface area contributed by atoms with Crippen LogP contribution in [0.25, 0.3) is 0 Å². The molecular formula is C17H19N3O. The molecule has 0 aliphatic carbocycles. The summed E-state index contributed by atoms with van der Waals surface area (Å²) in [7, 11) is 0. The molecule has 0 aromatic heterocycles. The Morgan fingerprint density at radius 2 is 2.05 bits per heavy atom. The largest absolute Gasteiger partial charge is 0.397 e. The van der Waals surface area contributed by atoms with Crippen LogP contribution in [-0.4, -0.2) is 5.91 Å². The van der Waals surface area contributed by atoms with Crippen LogP contribution >= 0.6 is 0 Å². The second kappa shape index (κ2) is 5.13. The summed E-state index contributed by atoms with van der Waals surface area (Å²) in [5, 5.41) is 6.29. The summed E-state index contributed by atoms with van der Waals surface area (Å²) in [6.45, 7) is 4.20. The topological polar surface area (TPSA) is 67.1 Å². The van der Waals surface area contributed by atoms with Crippen LogP contribution in [0.15, 0.2) is 36.4 Å². The summed E-state index contributed by atoms with van der Waals surface area (Å²) in [6.07, 6.45) is 0.410. The highest BCUT2D eigenvalue weighted by Gasteiger charge is 2.20. The molecule has 0 bridgehead atoms. The fourth-order valence-corrected chi connectivity index (χ4v) is 2.80. The Kier molecular flexibility index (Phi) is 3.29. The van der Waals surface area contributed by atoms with Crippen LogP contribution in [0.2, 0.25) is 0 Å². The van der Waals surface area contributed by atoms with Gasteiger partial charge in [0.15, 0.2) is 0 Å². The normalized spacial score (nSPS) is 14.5. The second-order valence-electron chi connectivity index (χ2n) is 5.54. The standard InChI is InChI=1S/C17H19N3O/c1-10-5-3-4-6-13(10)11(2)19-16-9-15-12(7-14(16)18)8-17(21)20-15/h3-7,9,11,19H,8,18H2,1-2H3,(H,20,21). The lowest BCUT2D eigenvalue weighted by molar-refractivity contribution is -0.115. The minimum atomic E-state index is 0.0218. The average Bonchev–Trinajstić information content (AvgIpc) is 2.78. The Morgan fingerprint density at radius 3 is 2.81 bits per heavy atom. The summed E-state index contributed by atoms with van der Waals surface area (Å²) >= 11 is 0. The quantitative estimate of drug-likeness (QED) is 0.757. The van der Waals surface area contributed by atoms with Crippen molar-refractivity contribution >= 4 is 23.0 Å². The number of fused-ring (bicyclic) bond motifs is 1.